The molecule has 45 heavy (non-hydrogen) atoms. The lowest BCUT2D eigenvalue weighted by Crippen LogP contribution is -2.45. The lowest BCUT2D eigenvalue weighted by Gasteiger charge is -2.31. The van der Waals surface area contributed by atoms with Crippen molar-refractivity contribution in [2.24, 2.45) is 4.99 Å². The molecule has 2 aromatic carbocycles. The fourth-order valence-electron chi connectivity index (χ4n) is 4.46. The van der Waals surface area contributed by atoms with E-state index in [9.17, 15) is 27.6 Å². The summed E-state index contributed by atoms with van der Waals surface area (Å²) in [5, 5.41) is 2.64. The van der Waals surface area contributed by atoms with Crippen LogP contribution in [0.5, 0.6) is 5.75 Å². The van der Waals surface area contributed by atoms with Crippen LogP contribution in [0.15, 0.2) is 58.7 Å². The van der Waals surface area contributed by atoms with Gasteiger partial charge < -0.3 is 28.8 Å². The van der Waals surface area contributed by atoms with Gasteiger partial charge in [0.15, 0.2) is 23.3 Å². The molecule has 1 aliphatic heterocycles. The van der Waals surface area contributed by atoms with E-state index in [1.807, 2.05) is 6.92 Å². The van der Waals surface area contributed by atoms with E-state index in [1.54, 1.807) is 6.07 Å². The maximum absolute atomic E-state index is 14.3. The Morgan fingerprint density at radius 2 is 1.69 bits per heavy atom. The second-order valence-corrected chi connectivity index (χ2v) is 11.5. The van der Waals surface area contributed by atoms with Gasteiger partial charge in [-0.15, -0.1) is 0 Å². The van der Waals surface area contributed by atoms with Gasteiger partial charge in [0.25, 0.3) is 15.9 Å². The number of nitrogens with zero attached hydrogens (tertiary/aromatic N) is 4. The van der Waals surface area contributed by atoms with E-state index in [0.717, 1.165) is 35.8 Å². The maximum Gasteiger partial charge on any atom is 0.359 e. The molecule has 2 heterocycles. The summed E-state index contributed by atoms with van der Waals surface area (Å²) < 4.78 is 49.1. The molecule has 0 bridgehead atoms. The van der Waals surface area contributed by atoms with Crippen molar-refractivity contribution >= 4 is 51.0 Å². The number of likely N-dealkylation sites (N-methyl/N-ethyl adjacent to an activating group) is 1. The molecule has 1 atom stereocenters. The number of benzene rings is 2. The third-order valence-corrected chi connectivity index (χ3v) is 8.62. The predicted octanol–water partition coefficient (Wildman–Crippen LogP) is 2.97. The zero-order valence-corrected chi connectivity index (χ0v) is 25.9. The van der Waals surface area contributed by atoms with E-state index < -0.39 is 51.3 Å². The second kappa shape index (κ2) is 13.6. The van der Waals surface area contributed by atoms with Gasteiger partial charge in [-0.3, -0.25) is 9.10 Å². The number of nitrogens with one attached hydrogen (secondary N) is 1. The van der Waals surface area contributed by atoms with Gasteiger partial charge in [-0.2, -0.15) is 0 Å². The molecule has 0 radical (unpaired) electrons. The van der Waals surface area contributed by atoms with E-state index in [0.29, 0.717) is 6.42 Å². The Hall–Kier alpha value is -5.25. The van der Waals surface area contributed by atoms with E-state index in [2.05, 4.69) is 15.3 Å². The molecule has 1 N–H and O–H groups in total. The van der Waals surface area contributed by atoms with Crippen molar-refractivity contribution < 1.29 is 46.5 Å². The van der Waals surface area contributed by atoms with Crippen LogP contribution in [0, 0.1) is 0 Å². The zero-order valence-electron chi connectivity index (χ0n) is 25.1. The number of methoxy groups -OCH3 is 3. The molecule has 1 unspecified atom stereocenters. The first-order chi connectivity index (χ1) is 21.5. The van der Waals surface area contributed by atoms with Crippen molar-refractivity contribution in [2.45, 2.75) is 30.7 Å². The first-order valence-corrected chi connectivity index (χ1v) is 15.0. The first kappa shape index (κ1) is 32.7. The van der Waals surface area contributed by atoms with E-state index >= 15 is 0 Å². The summed E-state index contributed by atoms with van der Waals surface area (Å²) in [6, 6.07) is 8.38. The SMILES string of the molecule is CCCCOC(=O)c1ccc(OC)c(NC(=O)C(C2=Nc3ccccc3S(=O)(=O)N2C)n2cnc(C(=O)OC)c2C(=O)OC)c1. The number of anilines is 1. The van der Waals surface area contributed by atoms with Gasteiger partial charge in [-0.05, 0) is 36.8 Å². The number of esters is 3. The van der Waals surface area contributed by atoms with Gasteiger partial charge in [0.2, 0.25) is 0 Å². The molecule has 0 aliphatic carbocycles. The molecule has 15 nitrogen and oxygen atoms in total. The topological polar surface area (TPSA) is 185 Å². The van der Waals surface area contributed by atoms with Gasteiger partial charge in [-0.25, -0.2) is 32.8 Å². The Bertz CT molecular complexity index is 1780. The van der Waals surface area contributed by atoms with Gasteiger partial charge in [0.1, 0.15) is 10.6 Å². The molecule has 0 saturated heterocycles. The van der Waals surface area contributed by atoms with Crippen LogP contribution in [0.25, 0.3) is 0 Å². The third-order valence-electron chi connectivity index (χ3n) is 6.81. The summed E-state index contributed by atoms with van der Waals surface area (Å²) in [7, 11) is 0.428. The summed E-state index contributed by atoms with van der Waals surface area (Å²) in [6.45, 7) is 2.15. The molecule has 1 aliphatic rings. The molecule has 3 aromatic rings. The van der Waals surface area contributed by atoms with Crippen LogP contribution in [0.3, 0.4) is 0 Å². The van der Waals surface area contributed by atoms with Crippen molar-refractivity contribution in [2.75, 3.05) is 40.3 Å². The van der Waals surface area contributed by atoms with E-state index in [4.69, 9.17) is 18.9 Å². The Morgan fingerprint density at radius 3 is 2.36 bits per heavy atom. The number of hydrogen-bond donors (Lipinski definition) is 1. The molecule has 0 fully saturated rings. The number of rotatable bonds is 11. The quantitative estimate of drug-likeness (QED) is 0.184. The minimum atomic E-state index is -4.23. The largest absolute Gasteiger partial charge is 0.495 e. The smallest absolute Gasteiger partial charge is 0.359 e. The Kier molecular flexibility index (Phi) is 9.86. The number of amidine groups is 1. The minimum absolute atomic E-state index is 0.0210. The second-order valence-electron chi connectivity index (χ2n) is 9.54. The van der Waals surface area contributed by atoms with E-state index in [-0.39, 0.29) is 40.0 Å². The van der Waals surface area contributed by atoms with Gasteiger partial charge in [0, 0.05) is 7.05 Å². The van der Waals surface area contributed by atoms with Gasteiger partial charge >= 0.3 is 17.9 Å². The summed E-state index contributed by atoms with van der Waals surface area (Å²) in [4.78, 5) is 60.8. The normalized spacial score (nSPS) is 14.0. The number of carbonyl (C=O) groups is 4. The monoisotopic (exact) mass is 641 g/mol. The summed E-state index contributed by atoms with van der Waals surface area (Å²) in [6.07, 6.45) is 2.47. The van der Waals surface area contributed by atoms with Crippen LogP contribution >= 0.6 is 0 Å². The van der Waals surface area contributed by atoms with Crippen LogP contribution in [0.2, 0.25) is 0 Å². The highest BCUT2D eigenvalue weighted by molar-refractivity contribution is 7.90. The average Bonchev–Trinajstić information content (AvgIpc) is 3.47. The van der Waals surface area contributed by atoms with Crippen molar-refractivity contribution in [3.63, 3.8) is 0 Å². The molecule has 1 aromatic heterocycles. The number of amides is 1. The maximum atomic E-state index is 14.3. The van der Waals surface area contributed by atoms with Gasteiger partial charge in [0.05, 0.1) is 51.2 Å². The van der Waals surface area contributed by atoms with Crippen molar-refractivity contribution in [3.8, 4) is 5.75 Å². The first-order valence-electron chi connectivity index (χ1n) is 13.6. The number of carbonyl (C=O) groups excluding carboxylic acids is 4. The average molecular weight is 642 g/mol. The van der Waals surface area contributed by atoms with Gasteiger partial charge in [-0.1, -0.05) is 25.5 Å². The molecule has 0 saturated carbocycles. The number of aliphatic imine (C=N–C) groups is 1. The molecule has 1 amide bonds. The highest BCUT2D eigenvalue weighted by atomic mass is 32.2. The fraction of sp³-hybridized carbons (Fsp3) is 0.310. The van der Waals surface area contributed by atoms with E-state index in [1.165, 1.54) is 50.6 Å². The number of imidazole rings is 1. The van der Waals surface area contributed by atoms with Crippen LogP contribution in [0.1, 0.15) is 57.1 Å². The number of ether oxygens (including phenoxy) is 4. The summed E-state index contributed by atoms with van der Waals surface area (Å²) >= 11 is 0. The van der Waals surface area contributed by atoms with Crippen molar-refractivity contribution in [1.82, 2.24) is 13.9 Å². The van der Waals surface area contributed by atoms with Crippen molar-refractivity contribution in [3.05, 3.63) is 65.7 Å². The molecule has 0 spiro atoms. The third kappa shape index (κ3) is 6.35. The molecule has 4 rings (SSSR count). The number of aromatic nitrogens is 2. The standard InChI is InChI=1S/C29H31N5O10S/c1-6-7-14-44-27(36)17-12-13-20(41-3)19(15-17)32-26(35)24(34-16-30-22(28(37)42-4)23(34)29(38)43-5)25-31-18-10-8-9-11-21(18)45(39,40)33(25)2/h8-13,15-16,24H,6-7,14H2,1-5H3,(H,32,35). The number of sulfonamides is 1. The molecule has 16 heteroatoms. The highest BCUT2D eigenvalue weighted by Gasteiger charge is 2.42. The Balaban J connectivity index is 1.90. The molecule has 238 valence electrons. The molecular weight excluding hydrogens is 610 g/mol. The Morgan fingerprint density at radius 1 is 0.978 bits per heavy atom. The number of hydrogen-bond acceptors (Lipinski definition) is 12. The summed E-state index contributed by atoms with van der Waals surface area (Å²) in [5.41, 5.74) is -0.831. The number of unbranched alkanes of at least 4 members (excludes halogenated alkanes) is 1. The van der Waals surface area contributed by atoms with Crippen LogP contribution in [-0.4, -0.2) is 86.9 Å². The minimum Gasteiger partial charge on any atom is -0.495 e. The Labute approximate surface area is 258 Å². The van der Waals surface area contributed by atoms with Crippen LogP contribution in [-0.2, 0) is 29.0 Å². The molecular formula is C29H31N5O10S. The van der Waals surface area contributed by atoms with Crippen LogP contribution < -0.4 is 10.1 Å². The number of para-hydroxylation sites is 1. The van der Waals surface area contributed by atoms with Crippen LogP contribution in [0.4, 0.5) is 11.4 Å². The number of fused-ring (bicyclic) bond motifs is 1. The highest BCUT2D eigenvalue weighted by Crippen LogP contribution is 2.35. The predicted molar refractivity (Wildman–Crippen MR) is 159 cm³/mol. The lowest BCUT2D eigenvalue weighted by atomic mass is 10.1. The fourth-order valence-corrected chi connectivity index (χ4v) is 5.77. The van der Waals surface area contributed by atoms with Crippen molar-refractivity contribution in [1.29, 1.82) is 0 Å². The lowest BCUT2D eigenvalue weighted by molar-refractivity contribution is -0.117. The summed E-state index contributed by atoms with van der Waals surface area (Å²) in [5.74, 6) is -3.85. The zero-order chi connectivity index (χ0) is 32.9.